The van der Waals surface area contributed by atoms with Crippen LogP contribution in [0.15, 0.2) is 18.2 Å². The van der Waals surface area contributed by atoms with Gasteiger partial charge in [0.15, 0.2) is 0 Å². The lowest BCUT2D eigenvalue weighted by molar-refractivity contribution is -0.0885. The van der Waals surface area contributed by atoms with Crippen LogP contribution in [0, 0.1) is 0 Å². The zero-order chi connectivity index (χ0) is 11.6. The van der Waals surface area contributed by atoms with Crippen molar-refractivity contribution in [3.63, 3.8) is 0 Å². The summed E-state index contributed by atoms with van der Waals surface area (Å²) in [5, 5.41) is 0.0157. The molecular formula is C9H6ClF3O2. The summed E-state index contributed by atoms with van der Waals surface area (Å²) in [6.07, 6.45) is -4.91. The van der Waals surface area contributed by atoms with E-state index in [1.54, 1.807) is 0 Å². The summed E-state index contributed by atoms with van der Waals surface area (Å²) < 4.78 is 40.9. The van der Waals surface area contributed by atoms with Gasteiger partial charge in [-0.3, -0.25) is 4.79 Å². The third kappa shape index (κ3) is 2.86. The van der Waals surface area contributed by atoms with Crippen molar-refractivity contribution in [3.8, 4) is 5.75 Å². The first kappa shape index (κ1) is 11.8. The Morgan fingerprint density at radius 2 is 1.93 bits per heavy atom. The fraction of sp³-hybridized carbons (Fsp3) is 0.222. The van der Waals surface area contributed by atoms with E-state index in [-0.39, 0.29) is 10.8 Å². The lowest BCUT2D eigenvalue weighted by Gasteiger charge is -2.07. The Bertz CT molecular complexity index is 387. The third-order valence-electron chi connectivity index (χ3n) is 1.63. The van der Waals surface area contributed by atoms with Crippen molar-refractivity contribution in [1.82, 2.24) is 0 Å². The molecule has 0 aliphatic heterocycles. The Labute approximate surface area is 88.6 Å². The minimum atomic E-state index is -4.91. The molecule has 15 heavy (non-hydrogen) atoms. The average molecular weight is 239 g/mol. The molecule has 0 spiro atoms. The molecule has 0 saturated carbocycles. The summed E-state index contributed by atoms with van der Waals surface area (Å²) in [4.78, 5) is 10.8. The first-order valence-electron chi connectivity index (χ1n) is 3.80. The Morgan fingerprint density at radius 3 is 2.40 bits per heavy atom. The van der Waals surface area contributed by atoms with Gasteiger partial charge in [-0.2, -0.15) is 13.2 Å². The molecular weight excluding hydrogens is 233 g/mol. The smallest absolute Gasteiger partial charge is 0.454 e. The Hall–Kier alpha value is -1.23. The molecule has 0 fully saturated rings. The van der Waals surface area contributed by atoms with E-state index in [2.05, 4.69) is 0 Å². The summed E-state index contributed by atoms with van der Waals surface area (Å²) in [5.41, 5.74) is -0.535. The van der Waals surface area contributed by atoms with Crippen LogP contribution < -0.4 is 4.74 Å². The van der Waals surface area contributed by atoms with E-state index in [4.69, 9.17) is 16.3 Å². The van der Waals surface area contributed by atoms with Crippen molar-refractivity contribution in [2.75, 3.05) is 7.11 Å². The van der Waals surface area contributed by atoms with Gasteiger partial charge in [0.1, 0.15) is 5.75 Å². The van der Waals surface area contributed by atoms with Crippen molar-refractivity contribution >= 4 is 17.4 Å². The molecule has 0 aliphatic carbocycles. The van der Waals surface area contributed by atoms with Gasteiger partial charge in [-0.25, -0.2) is 0 Å². The first-order valence-corrected chi connectivity index (χ1v) is 4.18. The Kier molecular flexibility index (Phi) is 3.24. The maximum Gasteiger partial charge on any atom is 0.454 e. The van der Waals surface area contributed by atoms with Crippen molar-refractivity contribution in [2.45, 2.75) is 6.18 Å². The monoisotopic (exact) mass is 238 g/mol. The molecule has 1 aromatic carbocycles. The van der Waals surface area contributed by atoms with Gasteiger partial charge < -0.3 is 4.74 Å². The number of ether oxygens (including phenoxy) is 1. The van der Waals surface area contributed by atoms with E-state index in [0.29, 0.717) is 0 Å². The van der Waals surface area contributed by atoms with Crippen LogP contribution in [-0.4, -0.2) is 19.1 Å². The van der Waals surface area contributed by atoms with Gasteiger partial charge in [0.05, 0.1) is 7.11 Å². The highest BCUT2D eigenvalue weighted by Gasteiger charge is 2.39. The van der Waals surface area contributed by atoms with Gasteiger partial charge in [0, 0.05) is 10.6 Å². The van der Waals surface area contributed by atoms with Gasteiger partial charge >= 0.3 is 6.18 Å². The molecule has 0 N–H and O–H groups in total. The Balaban J connectivity index is 3.15. The number of carbonyl (C=O) groups is 1. The van der Waals surface area contributed by atoms with Crippen LogP contribution >= 0.6 is 11.6 Å². The molecule has 6 heteroatoms. The predicted octanol–water partition coefficient (Wildman–Crippen LogP) is 3.09. The number of hydrogen-bond acceptors (Lipinski definition) is 2. The summed E-state index contributed by atoms with van der Waals surface area (Å²) >= 11 is 5.52. The van der Waals surface area contributed by atoms with Crippen LogP contribution in [0.25, 0.3) is 0 Å². The van der Waals surface area contributed by atoms with Crippen LogP contribution in [0.1, 0.15) is 10.4 Å². The van der Waals surface area contributed by atoms with Crippen LogP contribution in [-0.2, 0) is 0 Å². The second-order valence-corrected chi connectivity index (χ2v) is 3.14. The predicted molar refractivity (Wildman–Crippen MR) is 48.4 cm³/mol. The zero-order valence-electron chi connectivity index (χ0n) is 7.56. The summed E-state index contributed by atoms with van der Waals surface area (Å²) in [7, 11) is 1.27. The molecule has 82 valence electrons. The summed E-state index contributed by atoms with van der Waals surface area (Å²) in [6, 6.07) is 3.25. The molecule has 0 heterocycles. The highest BCUT2D eigenvalue weighted by molar-refractivity contribution is 6.31. The van der Waals surface area contributed by atoms with Gasteiger partial charge in [-0.05, 0) is 18.2 Å². The quantitative estimate of drug-likeness (QED) is 0.740. The van der Waals surface area contributed by atoms with Crippen LogP contribution in [0.2, 0.25) is 5.02 Å². The van der Waals surface area contributed by atoms with E-state index in [1.807, 2.05) is 0 Å². The number of ketones is 1. The molecule has 0 amide bonds. The third-order valence-corrected chi connectivity index (χ3v) is 1.84. The largest absolute Gasteiger partial charge is 0.497 e. The number of hydrogen-bond donors (Lipinski definition) is 0. The lowest BCUT2D eigenvalue weighted by Crippen LogP contribution is -2.22. The van der Waals surface area contributed by atoms with Crippen molar-refractivity contribution in [2.24, 2.45) is 0 Å². The minimum absolute atomic E-state index is 0.0157. The van der Waals surface area contributed by atoms with Crippen LogP contribution in [0.4, 0.5) is 13.2 Å². The molecule has 0 bridgehead atoms. The molecule has 1 aromatic rings. The van der Waals surface area contributed by atoms with E-state index < -0.39 is 17.5 Å². The standard InChI is InChI=1S/C9H6ClF3O2/c1-15-7-3-5(2-6(10)4-7)8(14)9(11,12)13/h2-4H,1H3. The highest BCUT2D eigenvalue weighted by Crippen LogP contribution is 2.26. The lowest BCUT2D eigenvalue weighted by atomic mass is 10.1. The number of methoxy groups -OCH3 is 1. The zero-order valence-corrected chi connectivity index (χ0v) is 8.32. The SMILES string of the molecule is COc1cc(Cl)cc(C(=O)C(F)(F)F)c1. The maximum absolute atomic E-state index is 12.1. The molecule has 0 atom stereocenters. The molecule has 0 saturated heterocycles. The number of rotatable bonds is 2. The molecule has 1 rings (SSSR count). The average Bonchev–Trinajstić information content (AvgIpc) is 2.14. The van der Waals surface area contributed by atoms with Crippen molar-refractivity contribution in [3.05, 3.63) is 28.8 Å². The van der Waals surface area contributed by atoms with Gasteiger partial charge in [0.25, 0.3) is 5.78 Å². The second kappa shape index (κ2) is 4.10. The van der Waals surface area contributed by atoms with Gasteiger partial charge in [0.2, 0.25) is 0 Å². The van der Waals surface area contributed by atoms with E-state index >= 15 is 0 Å². The fourth-order valence-corrected chi connectivity index (χ4v) is 1.20. The van der Waals surface area contributed by atoms with E-state index in [0.717, 1.165) is 12.1 Å². The van der Waals surface area contributed by atoms with E-state index in [9.17, 15) is 18.0 Å². The van der Waals surface area contributed by atoms with Crippen LogP contribution in [0.5, 0.6) is 5.75 Å². The van der Waals surface area contributed by atoms with Crippen molar-refractivity contribution < 1.29 is 22.7 Å². The maximum atomic E-state index is 12.1. The number of carbonyl (C=O) groups excluding carboxylic acids is 1. The van der Waals surface area contributed by atoms with Gasteiger partial charge in [-0.1, -0.05) is 11.6 Å². The molecule has 2 nitrogen and oxygen atoms in total. The number of halogens is 4. The van der Waals surface area contributed by atoms with Gasteiger partial charge in [-0.15, -0.1) is 0 Å². The first-order chi connectivity index (χ1) is 6.84. The molecule has 0 radical (unpaired) electrons. The van der Waals surface area contributed by atoms with Crippen LogP contribution in [0.3, 0.4) is 0 Å². The molecule has 0 aliphatic rings. The topological polar surface area (TPSA) is 26.3 Å². The minimum Gasteiger partial charge on any atom is -0.497 e. The Morgan fingerprint density at radius 1 is 1.33 bits per heavy atom. The molecule has 0 unspecified atom stereocenters. The highest BCUT2D eigenvalue weighted by atomic mass is 35.5. The summed E-state index contributed by atoms with van der Waals surface area (Å²) in [6.45, 7) is 0. The fourth-order valence-electron chi connectivity index (χ4n) is 0.975. The number of Topliss-reactive ketones (excluding diaryl/α,β-unsaturated/α-hetero) is 1. The normalized spacial score (nSPS) is 11.3. The molecule has 0 aromatic heterocycles. The number of alkyl halides is 3. The van der Waals surface area contributed by atoms with Crippen molar-refractivity contribution in [1.29, 1.82) is 0 Å². The number of benzene rings is 1. The van der Waals surface area contributed by atoms with E-state index in [1.165, 1.54) is 13.2 Å². The second-order valence-electron chi connectivity index (χ2n) is 2.71. The summed E-state index contributed by atoms with van der Waals surface area (Å²) in [5.74, 6) is -1.83.